The molecular formula is C71H110N16O16. The number of amides is 15. The zero-order valence-corrected chi connectivity index (χ0v) is 61.3. The molecule has 1 aromatic carbocycles. The number of carbonyl (C=O) groups excluding carboxylic acids is 15. The van der Waals surface area contributed by atoms with Crippen LogP contribution in [0.15, 0.2) is 42.2 Å². The summed E-state index contributed by atoms with van der Waals surface area (Å²) in [5.41, 5.74) is 11.0. The minimum atomic E-state index is -1.71. The van der Waals surface area contributed by atoms with E-state index >= 15 is 19.2 Å². The van der Waals surface area contributed by atoms with Crippen molar-refractivity contribution in [3.63, 3.8) is 0 Å². The Morgan fingerprint density at radius 1 is 0.573 bits per heavy atom. The van der Waals surface area contributed by atoms with E-state index in [0.29, 0.717) is 37.7 Å². The van der Waals surface area contributed by atoms with Crippen LogP contribution in [0.25, 0.3) is 0 Å². The third-order valence-electron chi connectivity index (χ3n) is 20.6. The number of primary amides is 2. The van der Waals surface area contributed by atoms with E-state index < -0.39 is 210 Å². The molecule has 5 aliphatic heterocycles. The molecule has 32 nitrogen and oxygen atoms in total. The Kier molecular flexibility index (Phi) is 30.8. The zero-order chi connectivity index (χ0) is 76.3. The predicted octanol–water partition coefficient (Wildman–Crippen LogP) is -1.79. The first-order valence-corrected chi connectivity index (χ1v) is 36.4. The summed E-state index contributed by atoms with van der Waals surface area (Å²) in [6.45, 7) is 18.1. The summed E-state index contributed by atoms with van der Waals surface area (Å²) in [7, 11) is 0. The second-order valence-electron chi connectivity index (χ2n) is 28.7. The van der Waals surface area contributed by atoms with Crippen LogP contribution in [0, 0.1) is 29.6 Å². The van der Waals surface area contributed by atoms with Gasteiger partial charge >= 0.3 is 0 Å². The summed E-state index contributed by atoms with van der Waals surface area (Å²) in [6, 6.07) is -6.69. The third kappa shape index (κ3) is 21.9. The highest BCUT2D eigenvalue weighted by Gasteiger charge is 2.48. The van der Waals surface area contributed by atoms with E-state index in [2.05, 4.69) is 53.2 Å². The zero-order valence-electron chi connectivity index (χ0n) is 61.3. The summed E-state index contributed by atoms with van der Waals surface area (Å²) in [5.74, 6) is -14.5. The molecule has 570 valence electrons. The van der Waals surface area contributed by atoms with Gasteiger partial charge in [0.05, 0.1) is 19.1 Å². The van der Waals surface area contributed by atoms with Crippen molar-refractivity contribution in [2.75, 3.05) is 32.7 Å². The van der Waals surface area contributed by atoms with Crippen LogP contribution in [-0.2, 0) is 78.3 Å². The Bertz CT molecular complexity index is 3300. The van der Waals surface area contributed by atoms with Crippen molar-refractivity contribution in [1.82, 2.24) is 72.8 Å². The largest absolute Gasteiger partial charge is 0.391 e. The molecule has 0 unspecified atom stereocenters. The Balaban J connectivity index is 1.35. The standard InChI is InChI=1S/C71H110N16O16/c1-12-38(7)55(65(97)75-35-54(73)90)81-59(91)42(11)76-60(92)46(33-53(72)89)78-66(98)56(39(8)13-2)82-63(95)50-25-19-27-84(50)69(101)48-34-74-58(41(10)15-4)71(103)87-36-44(88)32-52(87)64(96)83-57(40(9)14-3)67(99)79-47(31-43-22-17-16-18-23-43)68(100)86-29-21-26-51(86)70(102)85-28-20-24-49(85)62(94)77-45(30-37(5)6)61(93)80-48/h16-18,22-23,34,37-42,44-47,49-52,55-58,74,88H,12-15,19-21,24-33,35-36H2,1-11H3,(H2,72,89)(H2,73,90)(H,75,97)(H,76,92)(H,77,94)(H,78,98)(H,79,99)(H,80,93)(H,81,91)(H,82,95)(H,83,96)/b48-34-/t38-,39-,40-,41-,42-,44+,45-,46-,47-,49-,50-,51-,52-,55-,56-,57-,58-/m0/s1. The molecule has 0 spiro atoms. The van der Waals surface area contributed by atoms with Crippen LogP contribution in [0.1, 0.15) is 165 Å². The molecule has 0 radical (unpaired) electrons. The molecule has 6 rings (SSSR count). The number of nitrogens with one attached hydrogen (secondary N) is 10. The number of fused-ring (bicyclic) bond motifs is 3. The highest BCUT2D eigenvalue weighted by Crippen LogP contribution is 2.29. The minimum absolute atomic E-state index is 0.00297. The molecule has 5 heterocycles. The van der Waals surface area contributed by atoms with E-state index in [0.717, 1.165) is 11.1 Å². The van der Waals surface area contributed by atoms with Crippen molar-refractivity contribution in [3.8, 4) is 0 Å². The van der Waals surface area contributed by atoms with Gasteiger partial charge in [-0.15, -0.1) is 0 Å². The van der Waals surface area contributed by atoms with E-state index in [1.54, 1.807) is 92.6 Å². The highest BCUT2D eigenvalue weighted by atomic mass is 16.3. The van der Waals surface area contributed by atoms with Crippen LogP contribution in [-0.4, -0.2) is 225 Å². The van der Waals surface area contributed by atoms with Gasteiger partial charge in [0.25, 0.3) is 5.91 Å². The molecule has 17 atom stereocenters. The van der Waals surface area contributed by atoms with Gasteiger partial charge in [0, 0.05) is 45.2 Å². The maximum atomic E-state index is 15.5. The normalized spacial score (nSPS) is 26.0. The number of rotatable bonds is 26. The second-order valence-corrected chi connectivity index (χ2v) is 28.7. The van der Waals surface area contributed by atoms with E-state index in [4.69, 9.17) is 11.5 Å². The molecule has 15 N–H and O–H groups in total. The van der Waals surface area contributed by atoms with Gasteiger partial charge in [-0.2, -0.15) is 0 Å². The molecule has 0 bridgehead atoms. The summed E-state index contributed by atoms with van der Waals surface area (Å²) >= 11 is 0. The predicted molar refractivity (Wildman–Crippen MR) is 376 cm³/mol. The van der Waals surface area contributed by atoms with Gasteiger partial charge in [-0.3, -0.25) is 71.9 Å². The second kappa shape index (κ2) is 38.3. The number of nitrogens with two attached hydrogens (primary N) is 2. The Hall–Kier alpha value is -9.23. The number of carbonyl (C=O) groups is 15. The lowest BCUT2D eigenvalue weighted by molar-refractivity contribution is -0.148. The highest BCUT2D eigenvalue weighted by molar-refractivity contribution is 6.04. The summed E-state index contributed by atoms with van der Waals surface area (Å²) in [4.78, 5) is 219. The van der Waals surface area contributed by atoms with Crippen LogP contribution >= 0.6 is 0 Å². The number of likely N-dealkylation sites (tertiary alicyclic amines) is 1. The number of aliphatic hydroxyl groups excluding tert-OH is 1. The molecule has 32 heteroatoms. The Morgan fingerprint density at radius 2 is 1.16 bits per heavy atom. The van der Waals surface area contributed by atoms with Gasteiger partial charge in [0.15, 0.2) is 0 Å². The average Bonchev–Trinajstić information content (AvgIpc) is 1.70. The van der Waals surface area contributed by atoms with Crippen LogP contribution in [0.2, 0.25) is 0 Å². The van der Waals surface area contributed by atoms with Crippen LogP contribution < -0.4 is 64.6 Å². The van der Waals surface area contributed by atoms with Crippen molar-refractivity contribution < 1.29 is 77.0 Å². The lowest BCUT2D eigenvalue weighted by Gasteiger charge is -2.35. The Morgan fingerprint density at radius 3 is 1.76 bits per heavy atom. The van der Waals surface area contributed by atoms with Gasteiger partial charge < -0.3 is 89.3 Å². The topological polar surface area (TPSA) is 462 Å². The third-order valence-corrected chi connectivity index (χ3v) is 20.6. The number of nitrogens with zero attached hydrogens (tertiary/aromatic N) is 4. The first kappa shape index (κ1) is 82.7. The molecule has 5 aliphatic rings. The fraction of sp³-hybridized carbons (Fsp3) is 0.676. The number of benzene rings is 1. The quantitative estimate of drug-likeness (QED) is 0.0487. The van der Waals surface area contributed by atoms with Crippen molar-refractivity contribution in [1.29, 1.82) is 0 Å². The molecule has 0 aromatic heterocycles. The molecule has 0 saturated carbocycles. The number of hydrogen-bond donors (Lipinski definition) is 13. The van der Waals surface area contributed by atoms with Crippen molar-refractivity contribution in [2.24, 2.45) is 41.1 Å². The smallest absolute Gasteiger partial charge is 0.272 e. The molecule has 15 amide bonds. The summed E-state index contributed by atoms with van der Waals surface area (Å²) in [6.07, 6.45) is 1.80. The first-order chi connectivity index (χ1) is 48.7. The van der Waals surface area contributed by atoms with Crippen LogP contribution in [0.4, 0.5) is 0 Å². The van der Waals surface area contributed by atoms with E-state index in [9.17, 15) is 57.8 Å². The van der Waals surface area contributed by atoms with Gasteiger partial charge in [-0.05, 0) is 87.0 Å². The molecule has 1 aromatic rings. The fourth-order valence-electron chi connectivity index (χ4n) is 13.7. The molecule has 103 heavy (non-hydrogen) atoms. The maximum Gasteiger partial charge on any atom is 0.272 e. The van der Waals surface area contributed by atoms with Crippen LogP contribution in [0.5, 0.6) is 0 Å². The summed E-state index contributed by atoms with van der Waals surface area (Å²) in [5, 5.41) is 38.2. The van der Waals surface area contributed by atoms with Gasteiger partial charge in [0.2, 0.25) is 82.7 Å². The Labute approximate surface area is 602 Å². The van der Waals surface area contributed by atoms with Gasteiger partial charge in [-0.1, -0.05) is 125 Å². The molecule has 4 saturated heterocycles. The van der Waals surface area contributed by atoms with E-state index in [-0.39, 0.29) is 83.5 Å². The number of aliphatic hydroxyl groups is 1. The first-order valence-electron chi connectivity index (χ1n) is 36.4. The van der Waals surface area contributed by atoms with Crippen molar-refractivity contribution >= 4 is 88.6 Å². The van der Waals surface area contributed by atoms with Crippen molar-refractivity contribution in [2.45, 2.75) is 245 Å². The summed E-state index contributed by atoms with van der Waals surface area (Å²) < 4.78 is 0. The van der Waals surface area contributed by atoms with Gasteiger partial charge in [0.1, 0.15) is 78.2 Å². The van der Waals surface area contributed by atoms with Gasteiger partial charge in [-0.25, -0.2) is 0 Å². The minimum Gasteiger partial charge on any atom is -0.391 e. The lowest BCUT2D eigenvalue weighted by Crippen LogP contribution is -2.61. The molecular weight excluding hydrogens is 1330 g/mol. The van der Waals surface area contributed by atoms with E-state index in [1.807, 2.05) is 6.92 Å². The van der Waals surface area contributed by atoms with E-state index in [1.165, 1.54) is 21.6 Å². The number of hydrogen-bond acceptors (Lipinski definition) is 17. The maximum absolute atomic E-state index is 15.5. The molecule has 0 aliphatic carbocycles. The fourth-order valence-corrected chi connectivity index (χ4v) is 13.7. The monoisotopic (exact) mass is 1440 g/mol. The lowest BCUT2D eigenvalue weighted by atomic mass is 9.96. The van der Waals surface area contributed by atoms with Crippen molar-refractivity contribution in [3.05, 3.63) is 47.8 Å². The SMILES string of the molecule is CC[C@H](C)[C@H](NC(=O)[C@H](C)NC(=O)[C@H](CC(N)=O)NC(=O)[C@@H](NC(=O)[C@@H]1CCCN1C(=O)/C1=C/N[C@@H]([C@@H](C)CC)C(=O)N2C[C@H](O)C[C@H]2C(=O)N[C@@H]([C@@H](C)CC)C(=O)N[C@@H](Cc2ccccc2)C(=O)N2CCC[C@H]2C(=O)N2CCC[C@H]2C(=O)N[C@@H](CC(C)C)C(=O)N1)[C@@H](C)CC)C(=O)NCC(N)=O. The van der Waals surface area contributed by atoms with Crippen LogP contribution in [0.3, 0.4) is 0 Å². The molecule has 4 fully saturated rings. The average molecular weight is 1440 g/mol.